The number of hydrogen-bond donors (Lipinski definition) is 1. The number of thioether (sulfide) groups is 1. The molecule has 0 saturated carbocycles. The monoisotopic (exact) mass is 342 g/mol. The van der Waals surface area contributed by atoms with Crippen molar-refractivity contribution in [2.75, 3.05) is 5.75 Å². The summed E-state index contributed by atoms with van der Waals surface area (Å²) in [5.41, 5.74) is -1.57. The Bertz CT molecular complexity index is 567. The Labute approximate surface area is 128 Å². The first-order valence-electron chi connectivity index (χ1n) is 6.34. The fourth-order valence-corrected chi connectivity index (χ4v) is 2.94. The van der Waals surface area contributed by atoms with Gasteiger partial charge in [-0.1, -0.05) is 19.9 Å². The molecule has 0 fully saturated rings. The number of aromatic carboxylic acids is 1. The van der Waals surface area contributed by atoms with E-state index in [4.69, 9.17) is 5.11 Å². The number of benzene rings is 1. The summed E-state index contributed by atoms with van der Waals surface area (Å²) in [5, 5.41) is 9.00. The van der Waals surface area contributed by atoms with E-state index in [0.717, 1.165) is 17.8 Å². The second-order valence-electron chi connectivity index (χ2n) is 5.20. The molecule has 124 valence electrons. The molecule has 0 saturated heterocycles. The maximum Gasteiger partial charge on any atom is 0.458 e. The Morgan fingerprint density at radius 1 is 1.23 bits per heavy atom. The SMILES string of the molecule is Cc1c(C(=O)O)ccc(C(F)(F)C(F)(F)F)c1SCC(C)C. The van der Waals surface area contributed by atoms with Crippen molar-refractivity contribution in [2.45, 2.75) is 37.8 Å². The molecule has 0 atom stereocenters. The van der Waals surface area contributed by atoms with Gasteiger partial charge in [0.1, 0.15) is 0 Å². The molecule has 1 aromatic carbocycles. The molecule has 0 aliphatic rings. The molecule has 2 nitrogen and oxygen atoms in total. The summed E-state index contributed by atoms with van der Waals surface area (Å²) >= 11 is 0.813. The summed E-state index contributed by atoms with van der Waals surface area (Å²) in [6.07, 6.45) is -5.74. The van der Waals surface area contributed by atoms with Gasteiger partial charge in [-0.3, -0.25) is 0 Å². The highest BCUT2D eigenvalue weighted by Crippen LogP contribution is 2.48. The number of carbonyl (C=O) groups is 1. The van der Waals surface area contributed by atoms with E-state index in [-0.39, 0.29) is 21.9 Å². The molecule has 1 N–H and O–H groups in total. The van der Waals surface area contributed by atoms with E-state index in [1.807, 2.05) is 0 Å². The van der Waals surface area contributed by atoms with Crippen LogP contribution in [0.25, 0.3) is 0 Å². The molecular formula is C14H15F5O2S. The Balaban J connectivity index is 3.51. The van der Waals surface area contributed by atoms with Crippen LogP contribution in [0, 0.1) is 12.8 Å². The van der Waals surface area contributed by atoms with Gasteiger partial charge in [0.25, 0.3) is 0 Å². The van der Waals surface area contributed by atoms with Crippen LogP contribution in [-0.4, -0.2) is 23.0 Å². The van der Waals surface area contributed by atoms with Gasteiger partial charge in [0, 0.05) is 16.2 Å². The van der Waals surface area contributed by atoms with E-state index in [0.29, 0.717) is 11.8 Å². The summed E-state index contributed by atoms with van der Waals surface area (Å²) in [6, 6.07) is 1.33. The normalized spacial score (nSPS) is 12.8. The van der Waals surface area contributed by atoms with E-state index in [2.05, 4.69) is 0 Å². The van der Waals surface area contributed by atoms with Gasteiger partial charge >= 0.3 is 18.1 Å². The topological polar surface area (TPSA) is 37.3 Å². The first-order chi connectivity index (χ1) is 9.89. The van der Waals surface area contributed by atoms with Crippen molar-refractivity contribution in [2.24, 2.45) is 5.92 Å². The zero-order valence-electron chi connectivity index (χ0n) is 12.1. The van der Waals surface area contributed by atoms with E-state index >= 15 is 0 Å². The maximum absolute atomic E-state index is 13.7. The standard InChI is InChI=1S/C14H15F5O2S/c1-7(2)6-22-11-8(3)9(12(20)21)4-5-10(11)13(15,16)14(17,18)19/h4-5,7H,6H2,1-3H3,(H,20,21). The third-order valence-electron chi connectivity index (χ3n) is 2.89. The van der Waals surface area contributed by atoms with Gasteiger partial charge in [-0.25, -0.2) is 4.79 Å². The summed E-state index contributed by atoms with van der Waals surface area (Å²) in [4.78, 5) is 10.7. The average Bonchev–Trinajstić information content (AvgIpc) is 2.34. The molecule has 0 radical (unpaired) electrons. The number of hydrogen-bond acceptors (Lipinski definition) is 2. The molecule has 0 heterocycles. The Kier molecular flexibility index (Phi) is 5.48. The van der Waals surface area contributed by atoms with Crippen molar-refractivity contribution in [1.29, 1.82) is 0 Å². The molecule has 1 rings (SSSR count). The smallest absolute Gasteiger partial charge is 0.458 e. The number of halogens is 5. The summed E-state index contributed by atoms with van der Waals surface area (Å²) < 4.78 is 65.2. The molecule has 0 spiro atoms. The third kappa shape index (κ3) is 3.71. The van der Waals surface area contributed by atoms with Crippen molar-refractivity contribution in [1.82, 2.24) is 0 Å². The molecule has 0 amide bonds. The van der Waals surface area contributed by atoms with E-state index in [1.54, 1.807) is 13.8 Å². The summed E-state index contributed by atoms with van der Waals surface area (Å²) in [5.74, 6) is -6.06. The fraction of sp³-hybridized carbons (Fsp3) is 0.500. The highest BCUT2D eigenvalue weighted by molar-refractivity contribution is 7.99. The number of carboxylic acids is 1. The van der Waals surface area contributed by atoms with Gasteiger partial charge in [-0.2, -0.15) is 22.0 Å². The molecule has 0 unspecified atom stereocenters. The van der Waals surface area contributed by atoms with Gasteiger partial charge in [0.2, 0.25) is 0 Å². The third-order valence-corrected chi connectivity index (χ3v) is 4.54. The van der Waals surface area contributed by atoms with Crippen LogP contribution in [0.15, 0.2) is 17.0 Å². The van der Waals surface area contributed by atoms with E-state index < -0.39 is 23.6 Å². The first kappa shape index (κ1) is 18.7. The molecule has 1 aromatic rings. The lowest BCUT2D eigenvalue weighted by Crippen LogP contribution is -2.34. The number of rotatable bonds is 5. The molecule has 22 heavy (non-hydrogen) atoms. The average molecular weight is 342 g/mol. The van der Waals surface area contributed by atoms with Crippen LogP contribution in [0.5, 0.6) is 0 Å². The predicted octanol–water partition coefficient (Wildman–Crippen LogP) is 5.10. The molecular weight excluding hydrogens is 327 g/mol. The van der Waals surface area contributed by atoms with Gasteiger partial charge in [-0.15, -0.1) is 11.8 Å². The zero-order valence-corrected chi connectivity index (χ0v) is 12.9. The van der Waals surface area contributed by atoms with Crippen molar-refractivity contribution < 1.29 is 31.9 Å². The van der Waals surface area contributed by atoms with Gasteiger partial charge < -0.3 is 5.11 Å². The summed E-state index contributed by atoms with van der Waals surface area (Å²) in [6.45, 7) is 4.80. The quantitative estimate of drug-likeness (QED) is 0.598. The first-order valence-corrected chi connectivity index (χ1v) is 7.32. The second kappa shape index (κ2) is 6.44. The van der Waals surface area contributed by atoms with Crippen LogP contribution in [0.3, 0.4) is 0 Å². The number of alkyl halides is 5. The minimum atomic E-state index is -5.74. The van der Waals surface area contributed by atoms with Crippen LogP contribution in [-0.2, 0) is 5.92 Å². The van der Waals surface area contributed by atoms with Gasteiger partial charge in [0.15, 0.2) is 0 Å². The molecule has 0 aliphatic heterocycles. The van der Waals surface area contributed by atoms with E-state index in [9.17, 15) is 26.7 Å². The predicted molar refractivity (Wildman–Crippen MR) is 73.6 cm³/mol. The second-order valence-corrected chi connectivity index (χ2v) is 6.23. The number of carboxylic acid groups (broad SMARTS) is 1. The van der Waals surface area contributed by atoms with Gasteiger partial charge in [-0.05, 0) is 24.5 Å². The summed E-state index contributed by atoms with van der Waals surface area (Å²) in [7, 11) is 0. The van der Waals surface area contributed by atoms with Crippen LogP contribution in [0.1, 0.15) is 35.3 Å². The molecule has 8 heteroatoms. The minimum absolute atomic E-state index is 0.0465. The fourth-order valence-electron chi connectivity index (χ4n) is 1.76. The van der Waals surface area contributed by atoms with Crippen molar-refractivity contribution in [3.63, 3.8) is 0 Å². The van der Waals surface area contributed by atoms with Crippen LogP contribution >= 0.6 is 11.8 Å². The Hall–Kier alpha value is -1.31. The van der Waals surface area contributed by atoms with Gasteiger partial charge in [0.05, 0.1) is 5.56 Å². The molecule has 0 bridgehead atoms. The van der Waals surface area contributed by atoms with Crippen LogP contribution < -0.4 is 0 Å². The van der Waals surface area contributed by atoms with Crippen LogP contribution in [0.4, 0.5) is 22.0 Å². The molecule has 0 aromatic heterocycles. The lowest BCUT2D eigenvalue weighted by molar-refractivity contribution is -0.290. The largest absolute Gasteiger partial charge is 0.478 e. The maximum atomic E-state index is 13.7. The minimum Gasteiger partial charge on any atom is -0.478 e. The van der Waals surface area contributed by atoms with Crippen LogP contribution in [0.2, 0.25) is 0 Å². The highest BCUT2D eigenvalue weighted by Gasteiger charge is 2.59. The van der Waals surface area contributed by atoms with E-state index in [1.165, 1.54) is 6.92 Å². The van der Waals surface area contributed by atoms with Crippen molar-refractivity contribution in [3.05, 3.63) is 28.8 Å². The molecule has 0 aliphatic carbocycles. The Morgan fingerprint density at radius 3 is 2.18 bits per heavy atom. The Morgan fingerprint density at radius 2 is 1.77 bits per heavy atom. The highest BCUT2D eigenvalue weighted by atomic mass is 32.2. The lowest BCUT2D eigenvalue weighted by atomic mass is 10.0. The zero-order chi connectivity index (χ0) is 17.3. The lowest BCUT2D eigenvalue weighted by Gasteiger charge is -2.24. The van der Waals surface area contributed by atoms with Crippen molar-refractivity contribution >= 4 is 17.7 Å². The van der Waals surface area contributed by atoms with Crippen molar-refractivity contribution in [3.8, 4) is 0 Å².